The van der Waals surface area contributed by atoms with Crippen LogP contribution >= 0.6 is 11.8 Å². The minimum atomic E-state index is -0.222. The van der Waals surface area contributed by atoms with Crippen LogP contribution in [0.1, 0.15) is 24.0 Å². The van der Waals surface area contributed by atoms with E-state index in [1.54, 1.807) is 0 Å². The summed E-state index contributed by atoms with van der Waals surface area (Å²) >= 11 is 1.42. The maximum atomic E-state index is 11.1. The number of aryl methyl sites for hydroxylation is 1. The summed E-state index contributed by atoms with van der Waals surface area (Å²) in [6.07, 6.45) is 4.46. The normalized spacial score (nSPS) is 14.6. The zero-order chi connectivity index (χ0) is 13.0. The summed E-state index contributed by atoms with van der Waals surface area (Å²) < 4.78 is 4.61. The highest BCUT2D eigenvalue weighted by molar-refractivity contribution is 7.99. The number of rotatable bonds is 6. The van der Waals surface area contributed by atoms with Gasteiger partial charge in [-0.15, -0.1) is 0 Å². The molecule has 0 amide bonds. The first-order valence-corrected chi connectivity index (χ1v) is 7.06. The zero-order valence-corrected chi connectivity index (χ0v) is 11.5. The fourth-order valence-corrected chi connectivity index (χ4v) is 2.39. The number of nitrogens with zero attached hydrogens (tertiary/aromatic N) is 1. The van der Waals surface area contributed by atoms with Gasteiger partial charge in [0.25, 0.3) is 0 Å². The molecular weight excluding hydrogens is 248 g/mol. The van der Waals surface area contributed by atoms with E-state index in [1.165, 1.54) is 37.3 Å². The average Bonchev–Trinajstić information content (AvgIpc) is 3.18. The van der Waals surface area contributed by atoms with E-state index >= 15 is 0 Å². The summed E-state index contributed by atoms with van der Waals surface area (Å²) in [7, 11) is 1.40. The molecular formula is C13H18N2O2S. The second kappa shape index (κ2) is 6.20. The van der Waals surface area contributed by atoms with Crippen LogP contribution in [0.4, 0.5) is 0 Å². The molecule has 1 saturated carbocycles. The zero-order valence-electron chi connectivity index (χ0n) is 10.7. The fraction of sp³-hybridized carbons (Fsp3) is 0.538. The highest BCUT2D eigenvalue weighted by atomic mass is 32.2. The van der Waals surface area contributed by atoms with Gasteiger partial charge in [0.05, 0.1) is 17.9 Å². The van der Waals surface area contributed by atoms with Crippen molar-refractivity contribution in [1.29, 1.82) is 0 Å². The van der Waals surface area contributed by atoms with Crippen LogP contribution in [0.5, 0.6) is 0 Å². The first kappa shape index (κ1) is 13.4. The summed E-state index contributed by atoms with van der Waals surface area (Å²) in [5.74, 6) is 0.0879. The van der Waals surface area contributed by atoms with Gasteiger partial charge in [-0.3, -0.25) is 4.79 Å². The third kappa shape index (κ3) is 3.99. The SMILES string of the molecule is COC(=O)CSc1ncc(CNC2CC2)cc1C. The van der Waals surface area contributed by atoms with Crippen LogP contribution in [-0.4, -0.2) is 29.9 Å². The lowest BCUT2D eigenvalue weighted by Gasteiger charge is -2.07. The van der Waals surface area contributed by atoms with Crippen molar-refractivity contribution in [3.8, 4) is 0 Å². The molecule has 0 spiro atoms. The number of carbonyl (C=O) groups excluding carboxylic acids is 1. The second-order valence-electron chi connectivity index (χ2n) is 4.49. The molecule has 0 atom stereocenters. The molecule has 0 aromatic carbocycles. The van der Waals surface area contributed by atoms with Crippen LogP contribution in [-0.2, 0) is 16.1 Å². The average molecular weight is 266 g/mol. The summed E-state index contributed by atoms with van der Waals surface area (Å²) in [6.45, 7) is 2.90. The van der Waals surface area contributed by atoms with Crippen LogP contribution in [0.15, 0.2) is 17.3 Å². The standard InChI is InChI=1S/C13H18N2O2S/c1-9-5-10(6-14-11-3-4-11)7-15-13(9)18-8-12(16)17-2/h5,7,11,14H,3-4,6,8H2,1-2H3. The van der Waals surface area contributed by atoms with E-state index in [0.717, 1.165) is 17.1 Å². The molecule has 1 aliphatic carbocycles. The predicted molar refractivity (Wildman–Crippen MR) is 71.6 cm³/mol. The molecule has 98 valence electrons. The first-order valence-electron chi connectivity index (χ1n) is 6.07. The molecule has 1 N–H and O–H groups in total. The molecule has 0 saturated heterocycles. The summed E-state index contributed by atoms with van der Waals surface area (Å²) in [6, 6.07) is 2.83. The number of carbonyl (C=O) groups is 1. The number of ether oxygens (including phenoxy) is 1. The Hall–Kier alpha value is -1.07. The van der Waals surface area contributed by atoms with Crippen molar-refractivity contribution >= 4 is 17.7 Å². The van der Waals surface area contributed by atoms with Gasteiger partial charge in [0.2, 0.25) is 0 Å². The number of pyridine rings is 1. The molecule has 1 aromatic rings. The number of nitrogens with one attached hydrogen (secondary N) is 1. The smallest absolute Gasteiger partial charge is 0.316 e. The number of aromatic nitrogens is 1. The minimum absolute atomic E-state index is 0.222. The maximum Gasteiger partial charge on any atom is 0.316 e. The minimum Gasteiger partial charge on any atom is -0.468 e. The Morgan fingerprint density at radius 3 is 3.00 bits per heavy atom. The molecule has 2 rings (SSSR count). The van der Waals surface area contributed by atoms with E-state index in [2.05, 4.69) is 21.1 Å². The van der Waals surface area contributed by atoms with E-state index < -0.39 is 0 Å². The first-order chi connectivity index (χ1) is 8.69. The fourth-order valence-electron chi connectivity index (χ4n) is 1.60. The van der Waals surface area contributed by atoms with Gasteiger partial charge >= 0.3 is 5.97 Å². The van der Waals surface area contributed by atoms with Crippen molar-refractivity contribution in [2.45, 2.75) is 37.4 Å². The van der Waals surface area contributed by atoms with E-state index in [1.807, 2.05) is 13.1 Å². The molecule has 1 fully saturated rings. The third-order valence-corrected chi connectivity index (χ3v) is 3.89. The van der Waals surface area contributed by atoms with E-state index in [-0.39, 0.29) is 5.97 Å². The van der Waals surface area contributed by atoms with Crippen LogP contribution in [0.25, 0.3) is 0 Å². The maximum absolute atomic E-state index is 11.1. The molecule has 0 radical (unpaired) electrons. The van der Waals surface area contributed by atoms with Gasteiger partial charge in [0, 0.05) is 18.8 Å². The van der Waals surface area contributed by atoms with Crippen molar-refractivity contribution in [3.05, 3.63) is 23.4 Å². The van der Waals surface area contributed by atoms with E-state index in [4.69, 9.17) is 0 Å². The topological polar surface area (TPSA) is 51.2 Å². The van der Waals surface area contributed by atoms with Crippen molar-refractivity contribution < 1.29 is 9.53 Å². The van der Waals surface area contributed by atoms with Gasteiger partial charge in [0.1, 0.15) is 0 Å². The summed E-state index contributed by atoms with van der Waals surface area (Å²) in [4.78, 5) is 15.5. The molecule has 4 nitrogen and oxygen atoms in total. The van der Waals surface area contributed by atoms with Gasteiger partial charge in [0.15, 0.2) is 0 Å². The summed E-state index contributed by atoms with van der Waals surface area (Å²) in [5, 5.41) is 4.36. The lowest BCUT2D eigenvalue weighted by molar-refractivity contribution is -0.137. The lowest BCUT2D eigenvalue weighted by atomic mass is 10.2. The van der Waals surface area contributed by atoms with Crippen LogP contribution in [0.3, 0.4) is 0 Å². The number of thioether (sulfide) groups is 1. The lowest BCUT2D eigenvalue weighted by Crippen LogP contribution is -2.15. The molecule has 18 heavy (non-hydrogen) atoms. The third-order valence-electron chi connectivity index (χ3n) is 2.81. The van der Waals surface area contributed by atoms with Gasteiger partial charge < -0.3 is 10.1 Å². The van der Waals surface area contributed by atoms with Crippen molar-refractivity contribution in [2.24, 2.45) is 0 Å². The molecule has 0 unspecified atom stereocenters. The monoisotopic (exact) mass is 266 g/mol. The number of hydrogen-bond donors (Lipinski definition) is 1. The van der Waals surface area contributed by atoms with Crippen molar-refractivity contribution in [1.82, 2.24) is 10.3 Å². The van der Waals surface area contributed by atoms with Crippen LogP contribution < -0.4 is 5.32 Å². The van der Waals surface area contributed by atoms with Gasteiger partial charge in [-0.2, -0.15) is 0 Å². The van der Waals surface area contributed by atoms with Gasteiger partial charge in [-0.05, 0) is 30.9 Å². The Kier molecular flexibility index (Phi) is 4.60. The predicted octanol–water partition coefficient (Wildman–Crippen LogP) is 1.91. The number of methoxy groups -OCH3 is 1. The number of esters is 1. The molecule has 0 bridgehead atoms. The van der Waals surface area contributed by atoms with Gasteiger partial charge in [-0.25, -0.2) is 4.98 Å². The second-order valence-corrected chi connectivity index (χ2v) is 5.45. The molecule has 1 heterocycles. The molecule has 0 aliphatic heterocycles. The van der Waals surface area contributed by atoms with E-state index in [9.17, 15) is 4.79 Å². The molecule has 1 aromatic heterocycles. The molecule has 1 aliphatic rings. The van der Waals surface area contributed by atoms with E-state index in [0.29, 0.717) is 11.8 Å². The highest BCUT2D eigenvalue weighted by Gasteiger charge is 2.20. The highest BCUT2D eigenvalue weighted by Crippen LogP contribution is 2.22. The quantitative estimate of drug-likeness (QED) is 0.629. The van der Waals surface area contributed by atoms with Crippen molar-refractivity contribution in [2.75, 3.05) is 12.9 Å². The summed E-state index contributed by atoms with van der Waals surface area (Å²) in [5.41, 5.74) is 2.31. The van der Waals surface area contributed by atoms with Gasteiger partial charge in [-0.1, -0.05) is 17.8 Å². The molecule has 5 heteroatoms. The Bertz CT molecular complexity index is 433. The Labute approximate surface area is 112 Å². The Morgan fingerprint density at radius 2 is 2.39 bits per heavy atom. The van der Waals surface area contributed by atoms with Crippen molar-refractivity contribution in [3.63, 3.8) is 0 Å². The Morgan fingerprint density at radius 1 is 1.61 bits per heavy atom. The number of hydrogen-bond acceptors (Lipinski definition) is 5. The van der Waals surface area contributed by atoms with Crippen LogP contribution in [0, 0.1) is 6.92 Å². The Balaban J connectivity index is 1.89. The largest absolute Gasteiger partial charge is 0.468 e. The van der Waals surface area contributed by atoms with Crippen LogP contribution in [0.2, 0.25) is 0 Å².